The van der Waals surface area contributed by atoms with Crippen LogP contribution in [-0.2, 0) is 4.79 Å². The van der Waals surface area contributed by atoms with Crippen molar-refractivity contribution in [3.63, 3.8) is 0 Å². The fourth-order valence-electron chi connectivity index (χ4n) is 2.30. The van der Waals surface area contributed by atoms with Crippen molar-refractivity contribution < 1.29 is 32.5 Å². The lowest BCUT2D eigenvalue weighted by Gasteiger charge is -2.15. The van der Waals surface area contributed by atoms with Crippen LogP contribution in [0.4, 0.5) is 13.2 Å². The van der Waals surface area contributed by atoms with Crippen LogP contribution in [0.5, 0.6) is 11.5 Å². The van der Waals surface area contributed by atoms with Crippen molar-refractivity contribution in [3.05, 3.63) is 48.0 Å². The monoisotopic (exact) mass is 355 g/mol. The molecule has 8 heteroatoms. The minimum Gasteiger partial charge on any atom is -0.497 e. The summed E-state index contributed by atoms with van der Waals surface area (Å²) in [6, 6.07) is 9.49. The van der Waals surface area contributed by atoms with E-state index in [2.05, 4.69) is 4.74 Å². The average Bonchev–Trinajstić information content (AvgIpc) is 2.52. The molecule has 0 aliphatic heterocycles. The minimum atomic E-state index is -4.79. The maximum atomic E-state index is 12.4. The topological polar surface area (TPSA) is 81.8 Å². The van der Waals surface area contributed by atoms with Crippen LogP contribution in [-0.4, -0.2) is 24.5 Å². The fraction of sp³-hybridized carbons (Fsp3) is 0.235. The van der Waals surface area contributed by atoms with E-state index < -0.39 is 18.4 Å². The highest BCUT2D eigenvalue weighted by molar-refractivity contribution is 5.70. The number of ether oxygens (including phenoxy) is 2. The van der Waals surface area contributed by atoms with Gasteiger partial charge in [-0.1, -0.05) is 12.1 Å². The summed E-state index contributed by atoms with van der Waals surface area (Å²) in [4.78, 5) is 10.8. The number of nitrogens with two attached hydrogens (primary N) is 1. The van der Waals surface area contributed by atoms with Gasteiger partial charge in [0.25, 0.3) is 0 Å². The van der Waals surface area contributed by atoms with Gasteiger partial charge in [-0.25, -0.2) is 0 Å². The van der Waals surface area contributed by atoms with E-state index >= 15 is 0 Å². The summed E-state index contributed by atoms with van der Waals surface area (Å²) >= 11 is 0. The molecule has 2 rings (SSSR count). The number of carbonyl (C=O) groups is 1. The smallest absolute Gasteiger partial charge is 0.497 e. The second-order valence-corrected chi connectivity index (χ2v) is 5.27. The van der Waals surface area contributed by atoms with Crippen molar-refractivity contribution in [1.82, 2.24) is 0 Å². The molecule has 0 fully saturated rings. The molecule has 0 saturated carbocycles. The van der Waals surface area contributed by atoms with Gasteiger partial charge in [-0.05, 0) is 47.0 Å². The average molecular weight is 355 g/mol. The van der Waals surface area contributed by atoms with E-state index in [0.717, 1.165) is 0 Å². The molecule has 0 heterocycles. The van der Waals surface area contributed by atoms with E-state index in [1.807, 2.05) is 0 Å². The summed E-state index contributed by atoms with van der Waals surface area (Å²) in [6.07, 6.45) is -5.08. The van der Waals surface area contributed by atoms with E-state index in [-0.39, 0.29) is 12.2 Å². The molecule has 0 radical (unpaired) electrons. The first-order valence-electron chi connectivity index (χ1n) is 7.20. The molecule has 25 heavy (non-hydrogen) atoms. The molecule has 0 saturated heterocycles. The number of aliphatic carboxylic acids is 1. The Bertz CT molecular complexity index is 762. The van der Waals surface area contributed by atoms with Crippen LogP contribution < -0.4 is 15.2 Å². The number of alkyl halides is 3. The zero-order valence-electron chi connectivity index (χ0n) is 13.2. The molecule has 5 nitrogen and oxygen atoms in total. The number of halogens is 3. The summed E-state index contributed by atoms with van der Waals surface area (Å²) in [5.41, 5.74) is 7.35. The summed E-state index contributed by atoms with van der Waals surface area (Å²) in [7, 11) is 1.43. The summed E-state index contributed by atoms with van der Waals surface area (Å²) in [5.74, 6) is -1.00. The zero-order valence-corrected chi connectivity index (χ0v) is 13.2. The van der Waals surface area contributed by atoms with Crippen molar-refractivity contribution in [2.75, 3.05) is 7.11 Å². The van der Waals surface area contributed by atoms with Crippen molar-refractivity contribution in [1.29, 1.82) is 0 Å². The SMILES string of the molecule is COc1cc(-c2cccc(OC(F)(F)F)c2)cc(C(N)CC(=O)O)c1. The third-order valence-electron chi connectivity index (χ3n) is 3.39. The Labute approximate surface area is 141 Å². The molecule has 0 aliphatic carbocycles. The second-order valence-electron chi connectivity index (χ2n) is 5.27. The van der Waals surface area contributed by atoms with Gasteiger partial charge in [-0.3, -0.25) is 4.79 Å². The highest BCUT2D eigenvalue weighted by Crippen LogP contribution is 2.32. The van der Waals surface area contributed by atoms with Gasteiger partial charge in [-0.2, -0.15) is 0 Å². The standard InChI is InChI=1S/C17H16F3NO4/c1-24-14-7-11(5-12(8-14)15(21)9-16(22)23)10-3-2-4-13(6-10)25-17(18,19)20/h2-8,15H,9,21H2,1H3,(H,22,23). The lowest BCUT2D eigenvalue weighted by atomic mass is 9.97. The molecule has 3 N–H and O–H groups in total. The molecule has 0 amide bonds. The molecule has 0 aromatic heterocycles. The number of methoxy groups -OCH3 is 1. The van der Waals surface area contributed by atoms with Crippen LogP contribution in [0.15, 0.2) is 42.5 Å². The van der Waals surface area contributed by atoms with Crippen LogP contribution in [0, 0.1) is 0 Å². The van der Waals surface area contributed by atoms with Crippen LogP contribution >= 0.6 is 0 Å². The first kappa shape index (κ1) is 18.6. The van der Waals surface area contributed by atoms with E-state index in [4.69, 9.17) is 15.6 Å². The Kier molecular flexibility index (Phi) is 5.53. The van der Waals surface area contributed by atoms with Gasteiger partial charge in [0.05, 0.1) is 13.5 Å². The number of carboxylic acids is 1. The summed E-state index contributed by atoms with van der Waals surface area (Å²) in [5, 5.41) is 8.87. The van der Waals surface area contributed by atoms with Crippen LogP contribution in [0.2, 0.25) is 0 Å². The molecule has 0 spiro atoms. The zero-order chi connectivity index (χ0) is 18.6. The van der Waals surface area contributed by atoms with Crippen molar-refractivity contribution in [2.45, 2.75) is 18.8 Å². The number of hydrogen-bond donors (Lipinski definition) is 2. The first-order valence-corrected chi connectivity index (χ1v) is 7.20. The lowest BCUT2D eigenvalue weighted by Crippen LogP contribution is -2.17. The number of rotatable bonds is 6. The minimum absolute atomic E-state index is 0.288. The van der Waals surface area contributed by atoms with Crippen LogP contribution in [0.3, 0.4) is 0 Å². The number of hydrogen-bond acceptors (Lipinski definition) is 4. The summed E-state index contributed by atoms with van der Waals surface area (Å²) in [6.45, 7) is 0. The van der Waals surface area contributed by atoms with Gasteiger partial charge in [0.1, 0.15) is 11.5 Å². The Hall–Kier alpha value is -2.74. The lowest BCUT2D eigenvalue weighted by molar-refractivity contribution is -0.274. The first-order chi connectivity index (χ1) is 11.7. The highest BCUT2D eigenvalue weighted by Gasteiger charge is 2.31. The normalized spacial score (nSPS) is 12.5. The van der Waals surface area contributed by atoms with Gasteiger partial charge in [0, 0.05) is 6.04 Å². The number of benzene rings is 2. The molecule has 1 atom stereocenters. The third-order valence-corrected chi connectivity index (χ3v) is 3.39. The van der Waals surface area contributed by atoms with E-state index in [0.29, 0.717) is 22.4 Å². The fourth-order valence-corrected chi connectivity index (χ4v) is 2.30. The predicted molar refractivity (Wildman–Crippen MR) is 84.3 cm³/mol. The Morgan fingerprint density at radius 1 is 1.16 bits per heavy atom. The maximum absolute atomic E-state index is 12.4. The largest absolute Gasteiger partial charge is 0.573 e. The van der Waals surface area contributed by atoms with Gasteiger partial charge in [-0.15, -0.1) is 13.2 Å². The molecule has 0 bridgehead atoms. The van der Waals surface area contributed by atoms with E-state index in [1.54, 1.807) is 24.3 Å². The van der Waals surface area contributed by atoms with Gasteiger partial charge in [0.15, 0.2) is 0 Å². The predicted octanol–water partition coefficient (Wildman–Crippen LogP) is 3.74. The summed E-state index contributed by atoms with van der Waals surface area (Å²) < 4.78 is 46.2. The molecule has 134 valence electrons. The Balaban J connectivity index is 2.41. The molecule has 2 aromatic carbocycles. The molecule has 0 aliphatic rings. The van der Waals surface area contributed by atoms with Crippen LogP contribution in [0.1, 0.15) is 18.0 Å². The van der Waals surface area contributed by atoms with Gasteiger partial charge in [0.2, 0.25) is 0 Å². The third kappa shape index (κ3) is 5.39. The Morgan fingerprint density at radius 3 is 2.44 bits per heavy atom. The second kappa shape index (κ2) is 7.43. The molecule has 2 aromatic rings. The van der Waals surface area contributed by atoms with Gasteiger partial charge >= 0.3 is 12.3 Å². The molecular formula is C17H16F3NO4. The Morgan fingerprint density at radius 2 is 1.84 bits per heavy atom. The van der Waals surface area contributed by atoms with E-state index in [9.17, 15) is 18.0 Å². The van der Waals surface area contributed by atoms with Gasteiger partial charge < -0.3 is 20.3 Å². The highest BCUT2D eigenvalue weighted by atomic mass is 19.4. The quantitative estimate of drug-likeness (QED) is 0.825. The van der Waals surface area contributed by atoms with Crippen molar-refractivity contribution in [3.8, 4) is 22.6 Å². The van der Waals surface area contributed by atoms with Crippen LogP contribution in [0.25, 0.3) is 11.1 Å². The molecular weight excluding hydrogens is 339 g/mol. The number of carboxylic acid groups (broad SMARTS) is 1. The van der Waals surface area contributed by atoms with Crippen molar-refractivity contribution >= 4 is 5.97 Å². The molecule has 1 unspecified atom stereocenters. The maximum Gasteiger partial charge on any atom is 0.573 e. The van der Waals surface area contributed by atoms with Crippen molar-refractivity contribution in [2.24, 2.45) is 5.73 Å². The van der Waals surface area contributed by atoms with E-state index in [1.165, 1.54) is 25.3 Å².